The number of carbonyl (C=O) groups is 5. The number of ether oxygens (including phenoxy) is 1. The summed E-state index contributed by atoms with van der Waals surface area (Å²) >= 11 is 0. The van der Waals surface area contributed by atoms with Crippen molar-refractivity contribution < 1.29 is 37.1 Å². The molecule has 2 aromatic carbocycles. The molecule has 1 unspecified atom stereocenters. The predicted molar refractivity (Wildman–Crippen MR) is 209 cm³/mol. The summed E-state index contributed by atoms with van der Waals surface area (Å²) in [5, 5.41) is 2.00. The Morgan fingerprint density at radius 2 is 1.53 bits per heavy atom. The molecule has 13 nitrogen and oxygen atoms in total. The second-order valence-electron chi connectivity index (χ2n) is 15.9. The first kappa shape index (κ1) is 39.7. The van der Waals surface area contributed by atoms with Gasteiger partial charge in [-0.2, -0.15) is 0 Å². The molecule has 0 radical (unpaired) electrons. The molecule has 4 aliphatic rings. The standard InChI is InChI=1S/C41H51N5O8S/c1-5-13-32(37(48)43-55(52,53)30-20-21-30)42-38(49)35-24-29(26-45(35)39(50)31(41(2,3)4)25-36(47)44-22-11-6-12-23-44)54-40(51)46-33-16-9-7-14-27(33)18-19-28-15-8-10-17-34(28)46/h5,7-10,14-19,29-32,35H,1,6,11-13,20-26H2,2-4H3,(H,42,49)(H,43,48)/t29?,31-,32-,35+/m1/s1. The molecule has 4 atom stereocenters. The van der Waals surface area contributed by atoms with Gasteiger partial charge in [0.05, 0.1) is 29.1 Å². The zero-order valence-electron chi connectivity index (χ0n) is 31.7. The van der Waals surface area contributed by atoms with E-state index in [9.17, 15) is 32.4 Å². The van der Waals surface area contributed by atoms with Gasteiger partial charge in [-0.3, -0.25) is 23.9 Å². The molecule has 0 bridgehead atoms. The minimum absolute atomic E-state index is 0.0630. The lowest BCUT2D eigenvalue weighted by Gasteiger charge is -2.36. The highest BCUT2D eigenvalue weighted by atomic mass is 32.2. The molecule has 2 aromatic rings. The highest BCUT2D eigenvalue weighted by Crippen LogP contribution is 2.38. The molecule has 5 amide bonds. The number of hydrogen-bond acceptors (Lipinski definition) is 8. The third-order valence-electron chi connectivity index (χ3n) is 10.8. The summed E-state index contributed by atoms with van der Waals surface area (Å²) in [5.74, 6) is -3.04. The number of likely N-dealkylation sites (tertiary alicyclic amines) is 2. The number of rotatable bonds is 11. The van der Waals surface area contributed by atoms with Crippen molar-refractivity contribution >= 4 is 63.3 Å². The molecular formula is C41H51N5O8S. The minimum atomic E-state index is -3.91. The normalized spacial score (nSPS) is 20.7. The van der Waals surface area contributed by atoms with Crippen LogP contribution in [0, 0.1) is 11.3 Å². The van der Waals surface area contributed by atoms with Crippen molar-refractivity contribution in [3.8, 4) is 0 Å². The maximum Gasteiger partial charge on any atom is 0.419 e. The van der Waals surface area contributed by atoms with Gasteiger partial charge >= 0.3 is 6.09 Å². The largest absolute Gasteiger partial charge is 0.444 e. The second-order valence-corrected chi connectivity index (χ2v) is 17.9. The van der Waals surface area contributed by atoms with Gasteiger partial charge in [-0.15, -0.1) is 6.58 Å². The van der Waals surface area contributed by atoms with Gasteiger partial charge in [0.15, 0.2) is 0 Å². The Morgan fingerprint density at radius 1 is 0.927 bits per heavy atom. The van der Waals surface area contributed by atoms with Crippen molar-refractivity contribution in [1.82, 2.24) is 19.8 Å². The molecule has 14 heteroatoms. The van der Waals surface area contributed by atoms with E-state index in [2.05, 4.69) is 16.6 Å². The number of amides is 5. The van der Waals surface area contributed by atoms with Crippen LogP contribution in [0.4, 0.5) is 16.2 Å². The van der Waals surface area contributed by atoms with Crippen LogP contribution >= 0.6 is 0 Å². The number of nitrogens with one attached hydrogen (secondary N) is 2. The Bertz CT molecular complexity index is 1910. The molecule has 0 spiro atoms. The van der Waals surface area contributed by atoms with E-state index in [1.165, 1.54) is 15.9 Å². The second kappa shape index (κ2) is 16.4. The molecule has 0 aromatic heterocycles. The fourth-order valence-electron chi connectivity index (χ4n) is 7.49. The molecule has 2 saturated heterocycles. The van der Waals surface area contributed by atoms with Gasteiger partial charge in [-0.25, -0.2) is 18.1 Å². The van der Waals surface area contributed by atoms with E-state index in [-0.39, 0.29) is 31.7 Å². The van der Waals surface area contributed by atoms with Crippen molar-refractivity contribution in [2.45, 2.75) is 95.6 Å². The van der Waals surface area contributed by atoms with E-state index in [1.807, 2.05) is 81.5 Å². The van der Waals surface area contributed by atoms with Crippen LogP contribution in [0.15, 0.2) is 61.2 Å². The molecule has 294 valence electrons. The predicted octanol–water partition coefficient (Wildman–Crippen LogP) is 5.15. The monoisotopic (exact) mass is 773 g/mol. The number of nitrogens with zero attached hydrogens (tertiary/aromatic N) is 3. The maximum atomic E-state index is 14.7. The quantitative estimate of drug-likeness (QED) is 0.297. The SMILES string of the molecule is C=CC[C@@H](NC(=O)[C@@H]1CC(OC(=O)N2c3ccccc3C=Cc3ccccc32)CN1C(=O)[C@@H](CC(=O)N1CCCCC1)C(C)(C)C)C(=O)NS(=O)(=O)C1CC1. The topological polar surface area (TPSA) is 162 Å². The molecule has 1 saturated carbocycles. The Kier molecular flexibility index (Phi) is 11.8. The molecule has 55 heavy (non-hydrogen) atoms. The molecule has 1 aliphatic carbocycles. The lowest BCUT2D eigenvalue weighted by atomic mass is 9.77. The fourth-order valence-corrected chi connectivity index (χ4v) is 8.84. The smallest absolute Gasteiger partial charge is 0.419 e. The number of sulfonamides is 1. The fraction of sp³-hybridized carbons (Fsp3) is 0.488. The third kappa shape index (κ3) is 9.12. The Morgan fingerprint density at radius 3 is 2.09 bits per heavy atom. The number of fused-ring (bicyclic) bond motifs is 2. The number of carbonyl (C=O) groups excluding carboxylic acids is 5. The summed E-state index contributed by atoms with van der Waals surface area (Å²) in [7, 11) is -3.91. The number of benzene rings is 2. The summed E-state index contributed by atoms with van der Waals surface area (Å²) in [5.41, 5.74) is 2.08. The lowest BCUT2D eigenvalue weighted by Crippen LogP contribution is -2.55. The van der Waals surface area contributed by atoms with Gasteiger partial charge in [-0.05, 0) is 67.2 Å². The lowest BCUT2D eigenvalue weighted by molar-refractivity contribution is -0.148. The molecule has 6 rings (SSSR count). The first-order valence-corrected chi connectivity index (χ1v) is 20.6. The average Bonchev–Trinajstić information content (AvgIpc) is 3.96. The van der Waals surface area contributed by atoms with Crippen LogP contribution in [-0.2, 0) is 33.9 Å². The molecule has 3 aliphatic heterocycles. The van der Waals surface area contributed by atoms with Crippen LogP contribution < -0.4 is 14.9 Å². The first-order chi connectivity index (χ1) is 26.2. The van der Waals surface area contributed by atoms with Gasteiger partial charge in [0.1, 0.15) is 18.2 Å². The van der Waals surface area contributed by atoms with Gasteiger partial charge in [0.25, 0.3) is 5.91 Å². The Labute approximate surface area is 323 Å². The third-order valence-corrected chi connectivity index (χ3v) is 12.6. The minimum Gasteiger partial charge on any atom is -0.444 e. The number of anilines is 2. The van der Waals surface area contributed by atoms with Crippen molar-refractivity contribution in [1.29, 1.82) is 0 Å². The maximum absolute atomic E-state index is 14.7. The average molecular weight is 774 g/mol. The number of piperidine rings is 1. The zero-order chi connectivity index (χ0) is 39.5. The number of hydrogen-bond donors (Lipinski definition) is 2. The van der Waals surface area contributed by atoms with E-state index >= 15 is 0 Å². The summed E-state index contributed by atoms with van der Waals surface area (Å²) in [6.45, 7) is 10.4. The highest BCUT2D eigenvalue weighted by molar-refractivity contribution is 7.90. The summed E-state index contributed by atoms with van der Waals surface area (Å²) in [6.07, 6.45) is 7.06. The Hall–Kier alpha value is -4.98. The van der Waals surface area contributed by atoms with Gasteiger partial charge in [0, 0.05) is 25.9 Å². The van der Waals surface area contributed by atoms with Gasteiger partial charge in [-0.1, -0.05) is 75.4 Å². The van der Waals surface area contributed by atoms with Crippen LogP contribution in [0.25, 0.3) is 12.2 Å². The number of para-hydroxylation sites is 2. The van der Waals surface area contributed by atoms with E-state index in [1.54, 1.807) is 4.90 Å². The summed E-state index contributed by atoms with van der Waals surface area (Å²) < 4.78 is 33.5. The molecular weight excluding hydrogens is 723 g/mol. The van der Waals surface area contributed by atoms with E-state index in [0.717, 1.165) is 30.4 Å². The van der Waals surface area contributed by atoms with Crippen molar-refractivity contribution in [2.24, 2.45) is 11.3 Å². The van der Waals surface area contributed by atoms with Crippen molar-refractivity contribution in [3.63, 3.8) is 0 Å². The van der Waals surface area contributed by atoms with Crippen molar-refractivity contribution in [2.75, 3.05) is 24.5 Å². The van der Waals surface area contributed by atoms with E-state index < -0.39 is 68.6 Å². The van der Waals surface area contributed by atoms with E-state index in [0.29, 0.717) is 37.3 Å². The van der Waals surface area contributed by atoms with Crippen LogP contribution in [0.1, 0.15) is 83.3 Å². The van der Waals surface area contributed by atoms with Crippen LogP contribution in [0.2, 0.25) is 0 Å². The van der Waals surface area contributed by atoms with Gasteiger partial charge in [0.2, 0.25) is 27.7 Å². The molecule has 3 fully saturated rings. The first-order valence-electron chi connectivity index (χ1n) is 19.1. The summed E-state index contributed by atoms with van der Waals surface area (Å²) in [4.78, 5) is 74.5. The van der Waals surface area contributed by atoms with E-state index in [4.69, 9.17) is 4.74 Å². The zero-order valence-corrected chi connectivity index (χ0v) is 32.6. The van der Waals surface area contributed by atoms with Crippen LogP contribution in [-0.4, -0.2) is 91.0 Å². The van der Waals surface area contributed by atoms with Gasteiger partial charge < -0.3 is 19.9 Å². The summed E-state index contributed by atoms with van der Waals surface area (Å²) in [6, 6.07) is 12.3. The molecule has 3 heterocycles. The van der Waals surface area contributed by atoms with Crippen molar-refractivity contribution in [3.05, 3.63) is 72.3 Å². The Balaban J connectivity index is 1.28. The van der Waals surface area contributed by atoms with Crippen LogP contribution in [0.3, 0.4) is 0 Å². The molecule has 2 N–H and O–H groups in total. The highest BCUT2D eigenvalue weighted by Gasteiger charge is 2.47. The van der Waals surface area contributed by atoms with Crippen LogP contribution in [0.5, 0.6) is 0 Å².